The third-order valence-electron chi connectivity index (χ3n) is 13.4. The number of alkyl halides is 63. The quantitative estimate of drug-likeness (QED) is 0.0349. The minimum absolute atomic E-state index is 0.851. The maximum atomic E-state index is 15.0. The summed E-state index contributed by atoms with van der Waals surface area (Å²) in [6.45, 7) is -7.83. The van der Waals surface area contributed by atoms with Crippen LogP contribution in [0, 0.1) is 0 Å². The largest absolute Gasteiger partial charge is 0.460 e. The Bertz CT molecular complexity index is 2580. The van der Waals surface area contributed by atoms with E-state index in [-0.39, 0.29) is 0 Å². The second-order valence-corrected chi connectivity index (χ2v) is 28.9. The lowest BCUT2D eigenvalue weighted by Crippen LogP contribution is -2.76. The maximum absolute atomic E-state index is 15.0. The second-order valence-electron chi connectivity index (χ2n) is 20.0. The van der Waals surface area contributed by atoms with Gasteiger partial charge < -0.3 is 0 Å². The first-order valence-electron chi connectivity index (χ1n) is 22.5. The molecule has 65 heteroatoms. The van der Waals surface area contributed by atoms with Gasteiger partial charge in [0.15, 0.2) is 0 Å². The summed E-state index contributed by atoms with van der Waals surface area (Å²) < 4.78 is 876. The van der Waals surface area contributed by atoms with Gasteiger partial charge in [-0.2, -0.15) is 277 Å². The molecule has 0 heterocycles. The lowest BCUT2D eigenvalue weighted by molar-refractivity contribution is -0.474. The van der Waals surface area contributed by atoms with Crippen LogP contribution in [0.4, 0.5) is 277 Å². The Hall–Kier alpha value is -3.71. The predicted molar refractivity (Wildman–Crippen MR) is 195 cm³/mol. The van der Waals surface area contributed by atoms with E-state index in [1.165, 1.54) is 0 Å². The smallest absolute Gasteiger partial charge is 0.200 e. The van der Waals surface area contributed by atoms with Gasteiger partial charge in [0.1, 0.15) is 6.69 Å². The van der Waals surface area contributed by atoms with Crippen molar-refractivity contribution in [1.29, 1.82) is 0 Å². The molecule has 0 spiro atoms. The van der Waals surface area contributed by atoms with Gasteiger partial charge in [0.25, 0.3) is 0 Å². The van der Waals surface area contributed by atoms with Crippen LogP contribution >= 0.6 is 15.3 Å². The normalized spacial score (nSPS) is 17.3. The van der Waals surface area contributed by atoms with Crippen molar-refractivity contribution in [2.45, 2.75) is 216 Å². The highest BCUT2D eigenvalue weighted by Gasteiger charge is 3.02. The van der Waals surface area contributed by atoms with Crippen LogP contribution in [-0.4, -0.2) is 185 Å². The molecule has 0 fully saturated rings. The third-order valence-corrected chi connectivity index (χ3v) is 20.4. The molecule has 0 saturated carbocycles. The summed E-state index contributed by atoms with van der Waals surface area (Å²) in [7, 11) is 0. The van der Waals surface area contributed by atoms with Gasteiger partial charge in [-0.3, -0.25) is 0 Å². The average molecular weight is 1750 g/mol. The van der Waals surface area contributed by atoms with Crippen LogP contribution in [0.5, 0.6) is 0 Å². The fourth-order valence-corrected chi connectivity index (χ4v) is 11.6. The third kappa shape index (κ3) is 12.6. The van der Waals surface area contributed by atoms with Gasteiger partial charge in [-0.15, -0.1) is 15.3 Å². The highest BCUT2D eigenvalue weighted by Crippen LogP contribution is 2.72. The molecule has 608 valence electrons. The summed E-state index contributed by atoms with van der Waals surface area (Å²) in [6.07, 6.45) is -40.6. The molecule has 101 heavy (non-hydrogen) atoms. The maximum Gasteiger partial charge on any atom is 0.460 e. The van der Waals surface area contributed by atoms with Gasteiger partial charge >= 0.3 is 178 Å². The number of halogens is 64. The van der Waals surface area contributed by atoms with E-state index in [9.17, 15) is 277 Å². The molecule has 0 aromatic heterocycles. The fraction of sp³-hybridized carbons (Fsp3) is 1.00. The molecule has 0 aromatic rings. The van der Waals surface area contributed by atoms with Crippen LogP contribution < -0.4 is 0 Å². The lowest BCUT2D eigenvalue weighted by Gasteiger charge is -2.45. The molecule has 0 atom stereocenters. The van der Waals surface area contributed by atoms with Gasteiger partial charge in [-0.05, 0) is 18.1 Å². The van der Waals surface area contributed by atoms with Crippen molar-refractivity contribution < 1.29 is 277 Å². The average Bonchev–Trinajstić information content (AvgIpc) is 0.696. The molecular formula is C36H12BrF63Si. The van der Waals surface area contributed by atoms with E-state index in [4.69, 9.17) is 0 Å². The minimum atomic E-state index is -10.2. The van der Waals surface area contributed by atoms with Crippen molar-refractivity contribution in [3.63, 3.8) is 0 Å². The molecule has 0 amide bonds. The standard InChI is InChI=1S/C36H12BrF63Si/c37-101(4-1-7(38,39)10(44,45)13(50,51)16(56,57)19(62,63)22(68,69)25(74,75)28(80,81)31(86,87)34(92,93)94,5-2-8(40,41)11(46,47)14(52,53)17(58,59)20(64,65)23(70,71)26(76,77)29(82,83)32(88,89)35(95,96)97)6-3-9(42,43)12(48,49)15(54,55)18(60,61)21(66,67)24(72,73)27(78,79)30(84,85)33(90,91)36(98,99)100/h1-6H2. The van der Waals surface area contributed by atoms with E-state index >= 15 is 0 Å². The molecule has 0 saturated heterocycles. The summed E-state index contributed by atoms with van der Waals surface area (Å²) in [4.78, 5) is 0. The summed E-state index contributed by atoms with van der Waals surface area (Å²) in [5.74, 6) is -262. The summed E-state index contributed by atoms with van der Waals surface area (Å²) >= 11 is 0.851. The Morgan fingerprint density at radius 3 is 0.297 bits per heavy atom. The molecule has 0 nitrogen and oxygen atoms in total. The molecule has 0 rings (SSSR count). The first kappa shape index (κ1) is 97.3. The number of hydrogen-bond donors (Lipinski definition) is 0. The minimum Gasteiger partial charge on any atom is -0.200 e. The Labute approximate surface area is 515 Å². The van der Waals surface area contributed by atoms with Gasteiger partial charge in [-0.25, -0.2) is 0 Å². The molecule has 0 aliphatic rings. The van der Waals surface area contributed by atoms with E-state index in [0.29, 0.717) is 0 Å². The predicted octanol–water partition coefficient (Wildman–Crippen LogP) is 23.3. The SMILES string of the molecule is FC(F)(F)C(F)(F)C(F)(F)C(F)(F)C(F)(F)C(F)(F)C(F)(F)C(F)(F)C(F)(F)C(F)(F)CC[Si](Br)(CCC(F)(F)C(F)(F)C(F)(F)C(F)(F)C(F)(F)C(F)(F)C(F)(F)C(F)(F)C(F)(F)C(F)(F)F)CCC(F)(F)C(F)(F)C(F)(F)C(F)(F)C(F)(F)C(F)(F)C(F)(F)C(F)(F)C(F)(F)C(F)(F)F. The Morgan fingerprint density at radius 1 is 0.129 bits per heavy atom. The first-order valence-corrected chi connectivity index (χ1v) is 27.3. The van der Waals surface area contributed by atoms with Gasteiger partial charge in [-0.1, -0.05) is 0 Å². The molecule has 0 aliphatic carbocycles. The molecular weight excluding hydrogens is 1740 g/mol. The fourth-order valence-electron chi connectivity index (χ4n) is 6.76. The van der Waals surface area contributed by atoms with Crippen LogP contribution in [0.1, 0.15) is 19.3 Å². The Morgan fingerprint density at radius 2 is 0.208 bits per heavy atom. The second kappa shape index (κ2) is 24.7. The molecule has 0 bridgehead atoms. The zero-order valence-electron chi connectivity index (χ0n) is 43.9. The van der Waals surface area contributed by atoms with Crippen LogP contribution in [0.25, 0.3) is 0 Å². The van der Waals surface area contributed by atoms with Crippen molar-refractivity contribution in [3.05, 3.63) is 0 Å². The van der Waals surface area contributed by atoms with Crippen LogP contribution in [-0.2, 0) is 0 Å². The molecule has 0 aliphatic heterocycles. The summed E-state index contributed by atoms with van der Waals surface area (Å²) in [5, 5.41) is 0. The van der Waals surface area contributed by atoms with Gasteiger partial charge in [0.2, 0.25) is 0 Å². The monoisotopic (exact) mass is 1750 g/mol. The highest BCUT2D eigenvalue weighted by atomic mass is 79.9. The Balaban J connectivity index is 8.82. The zero-order chi connectivity index (χ0) is 83.7. The van der Waals surface area contributed by atoms with Crippen molar-refractivity contribution in [3.8, 4) is 0 Å². The highest BCUT2D eigenvalue weighted by molar-refractivity contribution is 9.26. The van der Waals surface area contributed by atoms with Crippen molar-refractivity contribution >= 4 is 22.0 Å². The topological polar surface area (TPSA) is 0 Å². The van der Waals surface area contributed by atoms with E-state index in [2.05, 4.69) is 0 Å². The van der Waals surface area contributed by atoms with Crippen LogP contribution in [0.15, 0.2) is 0 Å². The molecule has 0 unspecified atom stereocenters. The van der Waals surface area contributed by atoms with Gasteiger partial charge in [0, 0.05) is 19.3 Å². The Kier molecular flexibility index (Phi) is 23.8. The summed E-state index contributed by atoms with van der Waals surface area (Å²) in [5.41, 5.74) is 0. The zero-order valence-corrected chi connectivity index (χ0v) is 46.5. The van der Waals surface area contributed by atoms with E-state index in [1.54, 1.807) is 0 Å². The molecule has 0 radical (unpaired) electrons. The summed E-state index contributed by atoms with van der Waals surface area (Å²) in [6, 6.07) is -12.4. The van der Waals surface area contributed by atoms with E-state index in [1.807, 2.05) is 0 Å². The van der Waals surface area contributed by atoms with Gasteiger partial charge in [0.05, 0.1) is 0 Å². The number of rotatable bonds is 33. The molecule has 0 aromatic carbocycles. The van der Waals surface area contributed by atoms with Crippen molar-refractivity contribution in [2.24, 2.45) is 0 Å². The lowest BCUT2D eigenvalue weighted by atomic mass is 9.86. The van der Waals surface area contributed by atoms with Crippen LogP contribution in [0.2, 0.25) is 18.1 Å². The van der Waals surface area contributed by atoms with Crippen LogP contribution in [0.3, 0.4) is 0 Å². The van der Waals surface area contributed by atoms with E-state index < -0.39 is 223 Å². The van der Waals surface area contributed by atoms with E-state index in [0.717, 1.165) is 15.3 Å². The van der Waals surface area contributed by atoms with Crippen molar-refractivity contribution in [2.75, 3.05) is 0 Å². The number of hydrogen-bond acceptors (Lipinski definition) is 0. The first-order chi connectivity index (χ1) is 42.4. The molecule has 0 N–H and O–H groups in total. The van der Waals surface area contributed by atoms with Crippen molar-refractivity contribution in [1.82, 2.24) is 0 Å².